The van der Waals surface area contributed by atoms with Crippen LogP contribution in [0.3, 0.4) is 0 Å². The van der Waals surface area contributed by atoms with E-state index in [1.165, 1.54) is 22.2 Å². The van der Waals surface area contributed by atoms with Crippen LogP contribution in [0.15, 0.2) is 27.8 Å². The number of anilines is 1. The number of carbonyl (C=O) groups is 1. The SMILES string of the molecule is CCNC(=O)Nc1ncc2c(=O)n(-c3ccsc3)[nH]c2c1C=N. The molecule has 4 N–H and O–H groups in total. The number of hydrogen-bond acceptors (Lipinski definition) is 5. The van der Waals surface area contributed by atoms with Gasteiger partial charge in [0.2, 0.25) is 0 Å². The van der Waals surface area contributed by atoms with Crippen molar-refractivity contribution in [1.29, 1.82) is 5.41 Å². The zero-order chi connectivity index (χ0) is 16.4. The molecule has 3 aromatic rings. The number of nitrogens with zero attached hydrogens (tertiary/aromatic N) is 2. The topological polar surface area (TPSA) is 116 Å². The normalized spacial score (nSPS) is 10.7. The molecule has 8 nitrogen and oxygen atoms in total. The quantitative estimate of drug-likeness (QED) is 0.548. The van der Waals surface area contributed by atoms with Gasteiger partial charge in [-0.2, -0.15) is 11.3 Å². The van der Waals surface area contributed by atoms with Crippen molar-refractivity contribution in [1.82, 2.24) is 20.1 Å². The van der Waals surface area contributed by atoms with Crippen LogP contribution < -0.4 is 16.2 Å². The van der Waals surface area contributed by atoms with E-state index in [0.717, 1.165) is 6.21 Å². The van der Waals surface area contributed by atoms with Gasteiger partial charge in [-0.15, -0.1) is 0 Å². The Morgan fingerprint density at radius 3 is 3.04 bits per heavy atom. The van der Waals surface area contributed by atoms with Crippen molar-refractivity contribution >= 4 is 40.3 Å². The molecule has 0 atom stereocenters. The highest BCUT2D eigenvalue weighted by Crippen LogP contribution is 2.20. The molecule has 0 aliphatic carbocycles. The Morgan fingerprint density at radius 2 is 2.39 bits per heavy atom. The number of nitrogens with one attached hydrogen (secondary N) is 4. The number of carbonyl (C=O) groups excluding carboxylic acids is 1. The molecule has 3 heterocycles. The van der Waals surface area contributed by atoms with Gasteiger partial charge in [-0.05, 0) is 18.4 Å². The molecular formula is C14H14N6O2S. The van der Waals surface area contributed by atoms with Crippen molar-refractivity contribution in [2.45, 2.75) is 6.92 Å². The molecule has 9 heteroatoms. The van der Waals surface area contributed by atoms with E-state index in [1.807, 2.05) is 16.8 Å². The predicted octanol–water partition coefficient (Wildman–Crippen LogP) is 1.91. The molecule has 0 bridgehead atoms. The van der Waals surface area contributed by atoms with Crippen LogP contribution in [0.5, 0.6) is 0 Å². The first-order chi connectivity index (χ1) is 11.2. The van der Waals surface area contributed by atoms with Crippen molar-refractivity contribution in [3.05, 3.63) is 38.9 Å². The third-order valence-electron chi connectivity index (χ3n) is 3.25. The second-order valence-corrected chi connectivity index (χ2v) is 5.45. The van der Waals surface area contributed by atoms with Crippen molar-refractivity contribution < 1.29 is 4.79 Å². The molecule has 0 radical (unpaired) electrons. The average Bonchev–Trinajstić information content (AvgIpc) is 3.15. The third kappa shape index (κ3) is 2.61. The minimum atomic E-state index is -0.415. The maximum atomic E-state index is 12.5. The van der Waals surface area contributed by atoms with Crippen LogP contribution >= 0.6 is 11.3 Å². The lowest BCUT2D eigenvalue weighted by molar-refractivity contribution is 0.252. The summed E-state index contributed by atoms with van der Waals surface area (Å²) in [7, 11) is 0. The Hall–Kier alpha value is -2.94. The first kappa shape index (κ1) is 15.0. The molecule has 0 saturated carbocycles. The number of thiophene rings is 1. The number of aromatic amines is 1. The minimum Gasteiger partial charge on any atom is -0.338 e. The lowest BCUT2D eigenvalue weighted by Gasteiger charge is -2.07. The maximum Gasteiger partial charge on any atom is 0.320 e. The van der Waals surface area contributed by atoms with Crippen molar-refractivity contribution in [2.75, 3.05) is 11.9 Å². The van der Waals surface area contributed by atoms with Gasteiger partial charge in [0.1, 0.15) is 5.82 Å². The second kappa shape index (κ2) is 6.05. The largest absolute Gasteiger partial charge is 0.338 e. The van der Waals surface area contributed by atoms with Gasteiger partial charge in [-0.25, -0.2) is 14.5 Å². The zero-order valence-electron chi connectivity index (χ0n) is 12.2. The lowest BCUT2D eigenvalue weighted by atomic mass is 10.2. The zero-order valence-corrected chi connectivity index (χ0v) is 13.0. The lowest BCUT2D eigenvalue weighted by Crippen LogP contribution is -2.29. The fourth-order valence-corrected chi connectivity index (χ4v) is 2.83. The fourth-order valence-electron chi connectivity index (χ4n) is 2.21. The van der Waals surface area contributed by atoms with E-state index in [2.05, 4.69) is 20.7 Å². The van der Waals surface area contributed by atoms with Gasteiger partial charge in [0.15, 0.2) is 0 Å². The molecule has 118 valence electrons. The molecule has 2 amide bonds. The van der Waals surface area contributed by atoms with E-state index in [-0.39, 0.29) is 11.4 Å². The highest BCUT2D eigenvalue weighted by Gasteiger charge is 2.16. The van der Waals surface area contributed by atoms with Gasteiger partial charge in [-0.3, -0.25) is 15.2 Å². The molecule has 0 aliphatic rings. The highest BCUT2D eigenvalue weighted by molar-refractivity contribution is 7.08. The van der Waals surface area contributed by atoms with Crippen molar-refractivity contribution in [2.24, 2.45) is 0 Å². The number of urea groups is 1. The van der Waals surface area contributed by atoms with Crippen LogP contribution in [0.2, 0.25) is 0 Å². The van der Waals surface area contributed by atoms with E-state index < -0.39 is 6.03 Å². The van der Waals surface area contributed by atoms with Crippen LogP contribution in [0, 0.1) is 5.41 Å². The Kier molecular flexibility index (Phi) is 3.94. The first-order valence-corrected chi connectivity index (χ1v) is 7.81. The summed E-state index contributed by atoms with van der Waals surface area (Å²) in [5, 5.41) is 19.8. The van der Waals surface area contributed by atoms with Gasteiger partial charge in [0.25, 0.3) is 5.56 Å². The minimum absolute atomic E-state index is 0.220. The number of hydrogen-bond donors (Lipinski definition) is 4. The van der Waals surface area contributed by atoms with E-state index in [4.69, 9.17) is 5.41 Å². The monoisotopic (exact) mass is 330 g/mol. The van der Waals surface area contributed by atoms with E-state index in [9.17, 15) is 9.59 Å². The van der Waals surface area contributed by atoms with E-state index in [0.29, 0.717) is 28.7 Å². The molecular weight excluding hydrogens is 316 g/mol. The number of rotatable bonds is 4. The van der Waals surface area contributed by atoms with Crippen molar-refractivity contribution in [3.63, 3.8) is 0 Å². The van der Waals surface area contributed by atoms with E-state index >= 15 is 0 Å². The number of pyridine rings is 1. The highest BCUT2D eigenvalue weighted by atomic mass is 32.1. The molecule has 0 spiro atoms. The molecule has 0 unspecified atom stereocenters. The molecule has 0 saturated heterocycles. The van der Waals surface area contributed by atoms with Crippen LogP contribution in [0.4, 0.5) is 10.6 Å². The summed E-state index contributed by atoms with van der Waals surface area (Å²) >= 11 is 1.47. The van der Waals surface area contributed by atoms with Gasteiger partial charge >= 0.3 is 6.03 Å². The summed E-state index contributed by atoms with van der Waals surface area (Å²) in [6, 6.07) is 1.40. The summed E-state index contributed by atoms with van der Waals surface area (Å²) in [5.41, 5.74) is 1.27. The average molecular weight is 330 g/mol. The molecule has 0 aliphatic heterocycles. The smallest absolute Gasteiger partial charge is 0.320 e. The van der Waals surface area contributed by atoms with Gasteiger partial charge in [-0.1, -0.05) is 0 Å². The van der Waals surface area contributed by atoms with Crippen LogP contribution in [0.1, 0.15) is 12.5 Å². The van der Waals surface area contributed by atoms with Crippen LogP contribution in [0.25, 0.3) is 16.6 Å². The Morgan fingerprint density at radius 1 is 1.57 bits per heavy atom. The number of aromatic nitrogens is 3. The van der Waals surface area contributed by atoms with E-state index in [1.54, 1.807) is 6.92 Å². The Bertz CT molecular complexity index is 925. The Balaban J connectivity index is 2.14. The summed E-state index contributed by atoms with van der Waals surface area (Å²) < 4.78 is 1.39. The van der Waals surface area contributed by atoms with Crippen LogP contribution in [-0.4, -0.2) is 33.6 Å². The maximum absolute atomic E-state index is 12.5. The number of fused-ring (bicyclic) bond motifs is 1. The summed E-state index contributed by atoms with van der Waals surface area (Å²) in [6.07, 6.45) is 2.45. The van der Waals surface area contributed by atoms with Gasteiger partial charge < -0.3 is 10.7 Å². The summed E-state index contributed by atoms with van der Waals surface area (Å²) in [5.74, 6) is 0.220. The fraction of sp³-hybridized carbons (Fsp3) is 0.143. The Labute approximate surface area is 134 Å². The summed E-state index contributed by atoms with van der Waals surface area (Å²) in [4.78, 5) is 28.2. The second-order valence-electron chi connectivity index (χ2n) is 4.67. The van der Waals surface area contributed by atoms with Gasteiger partial charge in [0.05, 0.1) is 22.2 Å². The summed E-state index contributed by atoms with van der Waals surface area (Å²) in [6.45, 7) is 2.27. The predicted molar refractivity (Wildman–Crippen MR) is 90.1 cm³/mol. The number of amides is 2. The first-order valence-electron chi connectivity index (χ1n) is 6.87. The molecule has 0 fully saturated rings. The third-order valence-corrected chi connectivity index (χ3v) is 3.92. The number of H-pyrrole nitrogens is 1. The molecule has 23 heavy (non-hydrogen) atoms. The molecule has 0 aromatic carbocycles. The van der Waals surface area contributed by atoms with Gasteiger partial charge in [0, 0.05) is 24.3 Å². The molecule has 3 rings (SSSR count). The molecule has 3 aromatic heterocycles. The standard InChI is InChI=1S/C14H14N6O2S/c1-2-16-14(22)18-12-9(5-15)11-10(6-17-12)13(21)20(19-11)8-3-4-23-7-8/h3-7,15,19H,2H2,1H3,(H2,16,17,18,22). The van der Waals surface area contributed by atoms with Crippen LogP contribution in [-0.2, 0) is 0 Å². The van der Waals surface area contributed by atoms with Crippen molar-refractivity contribution in [3.8, 4) is 5.69 Å².